The lowest BCUT2D eigenvalue weighted by molar-refractivity contribution is 0.0505. The molecule has 0 saturated carbocycles. The number of nitrogens with one attached hydrogen (secondary N) is 2. The van der Waals surface area contributed by atoms with Gasteiger partial charge in [0.2, 0.25) is 0 Å². The smallest absolute Gasteiger partial charge is 0.338 e. The number of nitrogens with zero attached hydrogens (tertiary/aromatic N) is 2. The Bertz CT molecular complexity index is 968. The molecule has 2 aromatic carbocycles. The van der Waals surface area contributed by atoms with Crippen molar-refractivity contribution < 1.29 is 9.53 Å². The fraction of sp³-hybridized carbons (Fsp3) is 0.391. The number of ether oxygens (including phenoxy) is 1. The summed E-state index contributed by atoms with van der Waals surface area (Å²) in [4.78, 5) is 14.6. The molecule has 6 heteroatoms. The fourth-order valence-electron chi connectivity index (χ4n) is 3.92. The summed E-state index contributed by atoms with van der Waals surface area (Å²) in [5.41, 5.74) is 3.97. The van der Waals surface area contributed by atoms with Gasteiger partial charge in [0.1, 0.15) is 0 Å². The number of anilines is 1. The van der Waals surface area contributed by atoms with Crippen LogP contribution in [0.4, 0.5) is 5.69 Å². The molecule has 1 unspecified atom stereocenters. The van der Waals surface area contributed by atoms with Crippen molar-refractivity contribution >= 4 is 22.6 Å². The Hall–Kier alpha value is -2.86. The van der Waals surface area contributed by atoms with Crippen LogP contribution >= 0.6 is 0 Å². The highest BCUT2D eigenvalue weighted by Gasteiger charge is 2.20. The Labute approximate surface area is 171 Å². The number of aromatic nitrogens is 2. The summed E-state index contributed by atoms with van der Waals surface area (Å²) >= 11 is 0. The van der Waals surface area contributed by atoms with Gasteiger partial charge < -0.3 is 10.1 Å². The van der Waals surface area contributed by atoms with E-state index < -0.39 is 0 Å². The summed E-state index contributed by atoms with van der Waals surface area (Å²) in [5, 5.41) is 11.9. The molecule has 1 aliphatic rings. The minimum atomic E-state index is -0.235. The highest BCUT2D eigenvalue weighted by atomic mass is 16.5. The fourth-order valence-corrected chi connectivity index (χ4v) is 3.92. The van der Waals surface area contributed by atoms with Crippen LogP contribution in [0.1, 0.15) is 42.1 Å². The third kappa shape index (κ3) is 4.95. The third-order valence-corrected chi connectivity index (χ3v) is 5.32. The van der Waals surface area contributed by atoms with Gasteiger partial charge in [-0.3, -0.25) is 10.00 Å². The van der Waals surface area contributed by atoms with Gasteiger partial charge in [0.05, 0.1) is 23.9 Å². The Morgan fingerprint density at radius 3 is 3.14 bits per heavy atom. The van der Waals surface area contributed by atoms with E-state index in [0.29, 0.717) is 18.2 Å². The number of likely N-dealkylation sites (tertiary alicyclic amines) is 1. The van der Waals surface area contributed by atoms with E-state index in [1.165, 1.54) is 0 Å². The SMILES string of the molecule is CCCOC(=O)c1cccc(CN2CCCC(Nc3ccc4[nH]ncc4c3)C2)c1. The molecule has 0 amide bonds. The van der Waals surface area contributed by atoms with E-state index in [9.17, 15) is 4.79 Å². The largest absolute Gasteiger partial charge is 0.462 e. The van der Waals surface area contributed by atoms with Crippen molar-refractivity contribution in [3.63, 3.8) is 0 Å². The van der Waals surface area contributed by atoms with Crippen molar-refractivity contribution in [1.29, 1.82) is 0 Å². The first-order valence-electron chi connectivity index (χ1n) is 10.4. The number of esters is 1. The van der Waals surface area contributed by atoms with Gasteiger partial charge in [-0.15, -0.1) is 0 Å². The molecule has 29 heavy (non-hydrogen) atoms. The summed E-state index contributed by atoms with van der Waals surface area (Å²) in [5.74, 6) is -0.235. The van der Waals surface area contributed by atoms with Gasteiger partial charge in [0.25, 0.3) is 0 Å². The van der Waals surface area contributed by atoms with Crippen molar-refractivity contribution in [2.75, 3.05) is 25.0 Å². The van der Waals surface area contributed by atoms with Gasteiger partial charge in [0.15, 0.2) is 0 Å². The minimum Gasteiger partial charge on any atom is -0.462 e. The molecule has 1 saturated heterocycles. The number of H-pyrrole nitrogens is 1. The molecule has 0 spiro atoms. The molecule has 6 nitrogen and oxygen atoms in total. The van der Waals surface area contributed by atoms with E-state index in [4.69, 9.17) is 4.74 Å². The molecule has 0 radical (unpaired) electrons. The van der Waals surface area contributed by atoms with Crippen LogP contribution < -0.4 is 5.32 Å². The number of aromatic amines is 1. The highest BCUT2D eigenvalue weighted by Crippen LogP contribution is 2.21. The second-order valence-electron chi connectivity index (χ2n) is 7.73. The Morgan fingerprint density at radius 2 is 2.24 bits per heavy atom. The lowest BCUT2D eigenvalue weighted by atomic mass is 10.0. The molecular weight excluding hydrogens is 364 g/mol. The molecule has 1 aromatic heterocycles. The van der Waals surface area contributed by atoms with Gasteiger partial charge in [0, 0.05) is 30.2 Å². The first kappa shape index (κ1) is 19.5. The zero-order chi connectivity index (χ0) is 20.1. The monoisotopic (exact) mass is 392 g/mol. The predicted molar refractivity (Wildman–Crippen MR) is 115 cm³/mol. The summed E-state index contributed by atoms with van der Waals surface area (Å²) in [6, 6.07) is 14.5. The van der Waals surface area contributed by atoms with Crippen LogP contribution in [-0.2, 0) is 11.3 Å². The van der Waals surface area contributed by atoms with Crippen LogP contribution in [0.5, 0.6) is 0 Å². The van der Waals surface area contributed by atoms with Crippen LogP contribution in [0.2, 0.25) is 0 Å². The van der Waals surface area contributed by atoms with Crippen molar-refractivity contribution in [2.45, 2.75) is 38.8 Å². The number of carbonyl (C=O) groups is 1. The van der Waals surface area contributed by atoms with Gasteiger partial charge >= 0.3 is 5.97 Å². The third-order valence-electron chi connectivity index (χ3n) is 5.32. The molecule has 2 heterocycles. The Balaban J connectivity index is 1.36. The van der Waals surface area contributed by atoms with Gasteiger partial charge in [-0.05, 0) is 61.7 Å². The standard InChI is InChI=1S/C23H28N4O2/c1-2-11-29-23(28)18-6-3-5-17(12-18)15-27-10-4-7-21(16-27)25-20-8-9-22-19(13-20)14-24-26-22/h3,5-6,8-9,12-14,21,25H,2,4,7,10-11,15-16H2,1H3,(H,24,26). The molecule has 4 rings (SSSR count). The number of benzene rings is 2. The van der Waals surface area contributed by atoms with Crippen molar-refractivity contribution in [3.8, 4) is 0 Å². The molecule has 1 fully saturated rings. The number of hydrogen-bond acceptors (Lipinski definition) is 5. The van der Waals surface area contributed by atoms with Crippen LogP contribution in [0.3, 0.4) is 0 Å². The van der Waals surface area contributed by atoms with Gasteiger partial charge in [-0.1, -0.05) is 19.1 Å². The Kier molecular flexibility index (Phi) is 6.10. The molecule has 1 aliphatic heterocycles. The maximum Gasteiger partial charge on any atom is 0.338 e. The van der Waals surface area contributed by atoms with Crippen LogP contribution in [-0.4, -0.2) is 46.8 Å². The van der Waals surface area contributed by atoms with Crippen molar-refractivity contribution in [2.24, 2.45) is 0 Å². The topological polar surface area (TPSA) is 70.2 Å². The van der Waals surface area contributed by atoms with Crippen molar-refractivity contribution in [1.82, 2.24) is 15.1 Å². The molecule has 0 aliphatic carbocycles. The lowest BCUT2D eigenvalue weighted by Crippen LogP contribution is -2.41. The second-order valence-corrected chi connectivity index (χ2v) is 7.73. The molecule has 2 N–H and O–H groups in total. The number of hydrogen-bond donors (Lipinski definition) is 2. The van der Waals surface area contributed by atoms with Crippen molar-refractivity contribution in [3.05, 3.63) is 59.8 Å². The Morgan fingerprint density at radius 1 is 1.31 bits per heavy atom. The van der Waals surface area contributed by atoms with Gasteiger partial charge in [-0.25, -0.2) is 4.79 Å². The van der Waals surface area contributed by atoms with Crippen LogP contribution in [0, 0.1) is 0 Å². The maximum absolute atomic E-state index is 12.1. The second kappa shape index (κ2) is 9.09. The summed E-state index contributed by atoms with van der Waals surface area (Å²) < 4.78 is 5.26. The van der Waals surface area contributed by atoms with E-state index in [-0.39, 0.29) is 5.97 Å². The van der Waals surface area contributed by atoms with E-state index in [1.807, 2.05) is 31.3 Å². The summed E-state index contributed by atoms with van der Waals surface area (Å²) in [6.45, 7) is 5.36. The average molecular weight is 393 g/mol. The lowest BCUT2D eigenvalue weighted by Gasteiger charge is -2.33. The predicted octanol–water partition coefficient (Wildman–Crippen LogP) is 4.21. The molecular formula is C23H28N4O2. The summed E-state index contributed by atoms with van der Waals surface area (Å²) in [7, 11) is 0. The molecule has 1 atom stereocenters. The summed E-state index contributed by atoms with van der Waals surface area (Å²) in [6.07, 6.45) is 5.00. The number of carbonyl (C=O) groups excluding carboxylic acids is 1. The van der Waals surface area contributed by atoms with Crippen LogP contribution in [0.25, 0.3) is 10.9 Å². The highest BCUT2D eigenvalue weighted by molar-refractivity contribution is 5.89. The minimum absolute atomic E-state index is 0.235. The average Bonchev–Trinajstić information content (AvgIpc) is 3.20. The zero-order valence-corrected chi connectivity index (χ0v) is 16.9. The van der Waals surface area contributed by atoms with E-state index in [1.54, 1.807) is 0 Å². The number of rotatable bonds is 7. The van der Waals surface area contributed by atoms with E-state index in [0.717, 1.165) is 61.1 Å². The zero-order valence-electron chi connectivity index (χ0n) is 16.9. The van der Waals surface area contributed by atoms with Gasteiger partial charge in [-0.2, -0.15) is 5.10 Å². The first-order chi connectivity index (χ1) is 14.2. The molecule has 3 aromatic rings. The molecule has 152 valence electrons. The molecule has 0 bridgehead atoms. The maximum atomic E-state index is 12.1. The van der Waals surface area contributed by atoms with E-state index >= 15 is 0 Å². The quantitative estimate of drug-likeness (QED) is 0.590. The van der Waals surface area contributed by atoms with E-state index in [2.05, 4.69) is 44.7 Å². The normalized spacial score (nSPS) is 17.3. The number of piperidine rings is 1. The first-order valence-corrected chi connectivity index (χ1v) is 10.4. The van der Waals surface area contributed by atoms with Crippen LogP contribution in [0.15, 0.2) is 48.7 Å². The number of fused-ring (bicyclic) bond motifs is 1.